The fourth-order valence-corrected chi connectivity index (χ4v) is 5.77. The van der Waals surface area contributed by atoms with Gasteiger partial charge in [-0.25, -0.2) is 0 Å². The number of fused-ring (bicyclic) bond motifs is 1. The molecular formula is C25H36N4O4S. The van der Waals surface area contributed by atoms with Gasteiger partial charge in [0.25, 0.3) is 5.91 Å². The van der Waals surface area contributed by atoms with Crippen LogP contribution in [0.15, 0.2) is 24.3 Å². The van der Waals surface area contributed by atoms with E-state index in [2.05, 4.69) is 22.2 Å². The van der Waals surface area contributed by atoms with Crippen LogP contribution in [0.4, 0.5) is 5.69 Å². The van der Waals surface area contributed by atoms with E-state index in [9.17, 15) is 14.4 Å². The van der Waals surface area contributed by atoms with Crippen molar-refractivity contribution in [3.63, 3.8) is 0 Å². The summed E-state index contributed by atoms with van der Waals surface area (Å²) < 4.78 is 5.70. The summed E-state index contributed by atoms with van der Waals surface area (Å²) in [4.78, 5) is 45.6. The summed E-state index contributed by atoms with van der Waals surface area (Å²) in [6.45, 7) is 10.2. The van der Waals surface area contributed by atoms with Gasteiger partial charge in [0, 0.05) is 44.0 Å². The number of likely N-dealkylation sites (tertiary alicyclic amines) is 1. The van der Waals surface area contributed by atoms with Crippen LogP contribution in [0.1, 0.15) is 31.1 Å². The zero-order valence-electron chi connectivity index (χ0n) is 20.7. The molecule has 4 rings (SSSR count). The van der Waals surface area contributed by atoms with Crippen molar-refractivity contribution >= 4 is 35.0 Å². The molecule has 0 saturated carbocycles. The number of carbonyl (C=O) groups excluding carboxylic acids is 3. The Hall–Kier alpha value is -2.10. The maximum absolute atomic E-state index is 13.7. The summed E-state index contributed by atoms with van der Waals surface area (Å²) in [5, 5.41) is 3.03. The van der Waals surface area contributed by atoms with Crippen molar-refractivity contribution in [2.45, 2.75) is 44.2 Å². The van der Waals surface area contributed by atoms with Crippen molar-refractivity contribution in [3.05, 3.63) is 29.8 Å². The Morgan fingerprint density at radius 1 is 1.12 bits per heavy atom. The van der Waals surface area contributed by atoms with Gasteiger partial charge in [0.2, 0.25) is 5.91 Å². The van der Waals surface area contributed by atoms with Crippen molar-refractivity contribution in [2.24, 2.45) is 5.41 Å². The third-order valence-corrected chi connectivity index (χ3v) is 8.13. The van der Waals surface area contributed by atoms with E-state index < -0.39 is 17.5 Å². The first-order valence-electron chi connectivity index (χ1n) is 11.9. The molecule has 3 heterocycles. The normalized spacial score (nSPS) is 26.5. The van der Waals surface area contributed by atoms with Crippen LogP contribution < -0.4 is 10.2 Å². The third kappa shape index (κ3) is 4.97. The molecule has 3 saturated heterocycles. The van der Waals surface area contributed by atoms with E-state index in [1.54, 1.807) is 16.7 Å². The average molecular weight is 489 g/mol. The molecule has 1 unspecified atom stereocenters. The van der Waals surface area contributed by atoms with Gasteiger partial charge in [-0.15, -0.1) is 0 Å². The second-order valence-corrected chi connectivity index (χ2v) is 11.6. The highest BCUT2D eigenvalue weighted by atomic mass is 32.2. The van der Waals surface area contributed by atoms with Gasteiger partial charge in [-0.05, 0) is 43.0 Å². The van der Waals surface area contributed by atoms with Crippen LogP contribution in [0.2, 0.25) is 0 Å². The van der Waals surface area contributed by atoms with Gasteiger partial charge in [-0.2, -0.15) is 11.8 Å². The number of rotatable bonds is 5. The minimum Gasteiger partial charge on any atom is -0.369 e. The minimum atomic E-state index is -0.757. The number of anilines is 1. The minimum absolute atomic E-state index is 0.0440. The summed E-state index contributed by atoms with van der Waals surface area (Å²) in [5.41, 5.74) is 1.09. The number of carbonyl (C=O) groups is 3. The standard InChI is InChI=1S/C25H36N4O4S/c1-25(2,3)22(24(32)29-14-19(34-5)21-20(29)18(30)15-33-21)26-23(31)16-6-8-17(9-7-16)28-12-10-27(4)11-13-28/h6-9,19-22H,10-15H2,1-5H3,(H,26,31)/t19-,20+,21+,22?/m0/s1. The fraction of sp³-hybridized carbons (Fsp3) is 0.640. The van der Waals surface area contributed by atoms with Crippen LogP contribution in [-0.4, -0.2) is 103 Å². The molecule has 34 heavy (non-hydrogen) atoms. The molecular weight excluding hydrogens is 452 g/mol. The Morgan fingerprint density at radius 2 is 1.76 bits per heavy atom. The van der Waals surface area contributed by atoms with Crippen molar-refractivity contribution in [1.29, 1.82) is 0 Å². The Labute approximate surface area is 206 Å². The Kier molecular flexibility index (Phi) is 7.26. The lowest BCUT2D eigenvalue weighted by Gasteiger charge is -2.35. The molecule has 3 fully saturated rings. The molecule has 0 aromatic heterocycles. The molecule has 9 heteroatoms. The predicted octanol–water partition coefficient (Wildman–Crippen LogP) is 1.49. The second kappa shape index (κ2) is 9.87. The first-order valence-corrected chi connectivity index (χ1v) is 13.2. The van der Waals surface area contributed by atoms with E-state index in [4.69, 9.17) is 4.74 Å². The van der Waals surface area contributed by atoms with Gasteiger partial charge < -0.3 is 24.8 Å². The molecule has 3 aliphatic rings. The van der Waals surface area contributed by atoms with Crippen LogP contribution in [0, 0.1) is 5.41 Å². The first kappa shape index (κ1) is 25.0. The Balaban J connectivity index is 1.48. The average Bonchev–Trinajstić information content (AvgIpc) is 3.37. The molecule has 0 spiro atoms. The number of amides is 2. The molecule has 4 atom stereocenters. The number of nitrogens with one attached hydrogen (secondary N) is 1. The second-order valence-electron chi connectivity index (χ2n) is 10.6. The van der Waals surface area contributed by atoms with Crippen LogP contribution in [-0.2, 0) is 14.3 Å². The molecule has 1 aromatic carbocycles. The molecule has 3 aliphatic heterocycles. The van der Waals surface area contributed by atoms with Gasteiger partial charge in [0.15, 0.2) is 5.78 Å². The number of ketones is 1. The number of likely N-dealkylation sites (N-methyl/N-ethyl adjacent to an activating group) is 1. The number of hydrogen-bond donors (Lipinski definition) is 1. The van der Waals surface area contributed by atoms with E-state index >= 15 is 0 Å². The number of hydrogen-bond acceptors (Lipinski definition) is 7. The summed E-state index contributed by atoms with van der Waals surface area (Å²) in [6, 6.07) is 6.25. The largest absolute Gasteiger partial charge is 0.369 e. The quantitative estimate of drug-likeness (QED) is 0.673. The molecule has 0 aliphatic carbocycles. The molecule has 2 amide bonds. The van der Waals surface area contributed by atoms with Gasteiger partial charge in [-0.1, -0.05) is 20.8 Å². The molecule has 8 nitrogen and oxygen atoms in total. The van der Waals surface area contributed by atoms with Crippen LogP contribution in [0.3, 0.4) is 0 Å². The summed E-state index contributed by atoms with van der Waals surface area (Å²) >= 11 is 1.61. The zero-order valence-corrected chi connectivity index (χ0v) is 21.6. The van der Waals surface area contributed by atoms with Crippen LogP contribution >= 0.6 is 11.8 Å². The smallest absolute Gasteiger partial charge is 0.251 e. The zero-order chi connectivity index (χ0) is 24.6. The molecule has 1 N–H and O–H groups in total. The number of Topliss-reactive ketones (excluding diaryl/α,β-unsaturated/α-hetero) is 1. The van der Waals surface area contributed by atoms with Gasteiger partial charge in [0.05, 0.1) is 11.4 Å². The number of ether oxygens (including phenoxy) is 1. The van der Waals surface area contributed by atoms with Crippen molar-refractivity contribution in [2.75, 3.05) is 57.5 Å². The summed E-state index contributed by atoms with van der Waals surface area (Å²) in [7, 11) is 2.12. The van der Waals surface area contributed by atoms with Crippen LogP contribution in [0.5, 0.6) is 0 Å². The van der Waals surface area contributed by atoms with Crippen molar-refractivity contribution < 1.29 is 19.1 Å². The van der Waals surface area contributed by atoms with E-state index in [-0.39, 0.29) is 35.6 Å². The molecule has 0 bridgehead atoms. The Bertz CT molecular complexity index is 924. The SMILES string of the molecule is CS[C@H]1CN(C(=O)C(NC(=O)c2ccc(N3CCN(C)CC3)cc2)C(C)(C)C)[C@@H]2C(=O)CO[C@H]12. The lowest BCUT2D eigenvalue weighted by atomic mass is 9.85. The number of nitrogens with zero attached hydrogens (tertiary/aromatic N) is 3. The predicted molar refractivity (Wildman–Crippen MR) is 134 cm³/mol. The van der Waals surface area contributed by atoms with Gasteiger partial charge in [-0.3, -0.25) is 14.4 Å². The fourth-order valence-electron chi connectivity index (χ4n) is 4.96. The lowest BCUT2D eigenvalue weighted by molar-refractivity contribution is -0.140. The van der Waals surface area contributed by atoms with Gasteiger partial charge in [0.1, 0.15) is 18.7 Å². The van der Waals surface area contributed by atoms with Gasteiger partial charge >= 0.3 is 0 Å². The lowest BCUT2D eigenvalue weighted by Crippen LogP contribution is -2.57. The van der Waals surface area contributed by atoms with E-state index in [0.29, 0.717) is 12.1 Å². The summed E-state index contributed by atoms with van der Waals surface area (Å²) in [6.07, 6.45) is 1.70. The first-order chi connectivity index (χ1) is 16.1. The number of benzene rings is 1. The maximum atomic E-state index is 13.7. The topological polar surface area (TPSA) is 82.2 Å². The Morgan fingerprint density at radius 3 is 2.35 bits per heavy atom. The van der Waals surface area contributed by atoms with Crippen molar-refractivity contribution in [3.8, 4) is 0 Å². The monoisotopic (exact) mass is 488 g/mol. The highest BCUT2D eigenvalue weighted by Crippen LogP contribution is 2.35. The molecule has 0 radical (unpaired) electrons. The number of piperazine rings is 1. The number of thioether (sulfide) groups is 1. The highest BCUT2D eigenvalue weighted by molar-refractivity contribution is 7.99. The van der Waals surface area contributed by atoms with Crippen LogP contribution in [0.25, 0.3) is 0 Å². The third-order valence-electron chi connectivity index (χ3n) is 7.11. The van der Waals surface area contributed by atoms with E-state index in [1.165, 1.54) is 0 Å². The highest BCUT2D eigenvalue weighted by Gasteiger charge is 2.53. The summed E-state index contributed by atoms with van der Waals surface area (Å²) in [5.74, 6) is -0.571. The van der Waals surface area contributed by atoms with E-state index in [1.807, 2.05) is 51.3 Å². The molecule has 186 valence electrons. The van der Waals surface area contributed by atoms with Crippen molar-refractivity contribution in [1.82, 2.24) is 15.1 Å². The molecule has 1 aromatic rings. The van der Waals surface area contributed by atoms with E-state index in [0.717, 1.165) is 31.9 Å². The maximum Gasteiger partial charge on any atom is 0.251 e.